The summed E-state index contributed by atoms with van der Waals surface area (Å²) in [7, 11) is 0. The van der Waals surface area contributed by atoms with Gasteiger partial charge in [0.25, 0.3) is 11.8 Å². The molecule has 20 heavy (non-hydrogen) atoms. The van der Waals surface area contributed by atoms with E-state index in [0.717, 1.165) is 16.5 Å². The molecule has 3 N–H and O–H groups in total. The van der Waals surface area contributed by atoms with E-state index in [1.165, 1.54) is 6.07 Å². The minimum absolute atomic E-state index is 0.0290. The van der Waals surface area contributed by atoms with Gasteiger partial charge in [0.1, 0.15) is 11.4 Å². The zero-order valence-corrected chi connectivity index (χ0v) is 12.3. The van der Waals surface area contributed by atoms with Gasteiger partial charge in [-0.2, -0.15) is 0 Å². The standard InChI is InChI=1S/C13H13BrN2O4/c1-7-4-8(14)5-10(18)12(7)15-9-6-11(19)16(2-3-17)13(9)20/h4-6,15,17-18H,2-3H2,1H3. The summed E-state index contributed by atoms with van der Waals surface area (Å²) in [5.74, 6) is -1.04. The van der Waals surface area contributed by atoms with E-state index in [1.807, 2.05) is 0 Å². The number of hydrogen-bond acceptors (Lipinski definition) is 5. The molecule has 0 atom stereocenters. The van der Waals surface area contributed by atoms with Crippen molar-refractivity contribution in [3.05, 3.63) is 33.9 Å². The third kappa shape index (κ3) is 2.68. The molecule has 0 saturated carbocycles. The Kier molecular flexibility index (Phi) is 4.10. The average molecular weight is 341 g/mol. The van der Waals surface area contributed by atoms with Gasteiger partial charge in [-0.1, -0.05) is 15.9 Å². The van der Waals surface area contributed by atoms with Crippen LogP contribution in [0.15, 0.2) is 28.4 Å². The lowest BCUT2D eigenvalue weighted by atomic mass is 10.2. The van der Waals surface area contributed by atoms with Gasteiger partial charge in [-0.25, -0.2) is 0 Å². The largest absolute Gasteiger partial charge is 0.506 e. The van der Waals surface area contributed by atoms with Crippen LogP contribution in [-0.2, 0) is 9.59 Å². The van der Waals surface area contributed by atoms with Crippen LogP contribution in [0.2, 0.25) is 0 Å². The molecule has 1 aliphatic heterocycles. The van der Waals surface area contributed by atoms with Crippen LogP contribution in [0.25, 0.3) is 0 Å². The number of aryl methyl sites for hydroxylation is 1. The fourth-order valence-corrected chi connectivity index (χ4v) is 2.49. The van der Waals surface area contributed by atoms with E-state index in [9.17, 15) is 14.7 Å². The first-order chi connectivity index (χ1) is 9.43. The summed E-state index contributed by atoms with van der Waals surface area (Å²) < 4.78 is 0.711. The first-order valence-corrected chi connectivity index (χ1v) is 6.68. The van der Waals surface area contributed by atoms with Crippen LogP contribution in [0.5, 0.6) is 5.75 Å². The molecule has 0 saturated heterocycles. The molecule has 106 valence electrons. The van der Waals surface area contributed by atoms with Crippen molar-refractivity contribution in [3.63, 3.8) is 0 Å². The predicted molar refractivity (Wildman–Crippen MR) is 76.1 cm³/mol. The number of carbonyl (C=O) groups excluding carboxylic acids is 2. The zero-order valence-electron chi connectivity index (χ0n) is 10.7. The lowest BCUT2D eigenvalue weighted by Crippen LogP contribution is -2.34. The van der Waals surface area contributed by atoms with Crippen LogP contribution in [0.1, 0.15) is 5.56 Å². The van der Waals surface area contributed by atoms with E-state index >= 15 is 0 Å². The highest BCUT2D eigenvalue weighted by Gasteiger charge is 2.31. The molecule has 0 unspecified atom stereocenters. The summed E-state index contributed by atoms with van der Waals surface area (Å²) >= 11 is 3.25. The second-order valence-corrected chi connectivity index (χ2v) is 5.23. The maximum Gasteiger partial charge on any atom is 0.277 e. The first-order valence-electron chi connectivity index (χ1n) is 5.88. The highest BCUT2D eigenvalue weighted by Crippen LogP contribution is 2.32. The lowest BCUT2D eigenvalue weighted by Gasteiger charge is -2.15. The Labute approximate surface area is 123 Å². The highest BCUT2D eigenvalue weighted by atomic mass is 79.9. The quantitative estimate of drug-likeness (QED) is 0.564. The van der Waals surface area contributed by atoms with Gasteiger partial charge in [0.15, 0.2) is 0 Å². The van der Waals surface area contributed by atoms with Crippen molar-refractivity contribution in [1.29, 1.82) is 0 Å². The van der Waals surface area contributed by atoms with E-state index in [1.54, 1.807) is 13.0 Å². The summed E-state index contributed by atoms with van der Waals surface area (Å²) in [5, 5.41) is 21.5. The smallest absolute Gasteiger partial charge is 0.277 e. The Hall–Kier alpha value is -1.86. The molecule has 0 aliphatic carbocycles. The third-order valence-corrected chi connectivity index (χ3v) is 3.33. The number of aliphatic hydroxyl groups is 1. The van der Waals surface area contributed by atoms with Gasteiger partial charge in [0.05, 0.1) is 18.8 Å². The van der Waals surface area contributed by atoms with Crippen LogP contribution in [0.3, 0.4) is 0 Å². The van der Waals surface area contributed by atoms with E-state index in [-0.39, 0.29) is 24.6 Å². The number of benzene rings is 1. The number of anilines is 1. The Morgan fingerprint density at radius 2 is 2.05 bits per heavy atom. The highest BCUT2D eigenvalue weighted by molar-refractivity contribution is 9.10. The lowest BCUT2D eigenvalue weighted by molar-refractivity contribution is -0.137. The number of β-amino-alcohol motifs (C(OH)–C–C–N with tert-alkyl or cyclic N) is 1. The van der Waals surface area contributed by atoms with Gasteiger partial charge >= 0.3 is 0 Å². The number of nitrogens with zero attached hydrogens (tertiary/aromatic N) is 1. The maximum absolute atomic E-state index is 12.0. The topological polar surface area (TPSA) is 89.9 Å². The number of amides is 2. The van der Waals surface area contributed by atoms with Crippen molar-refractivity contribution in [1.82, 2.24) is 4.90 Å². The molecular formula is C13H13BrN2O4. The molecule has 0 aromatic heterocycles. The number of phenolic OH excluding ortho intramolecular Hbond substituents is 1. The number of rotatable bonds is 4. The van der Waals surface area contributed by atoms with Gasteiger partial charge in [-0.3, -0.25) is 14.5 Å². The first kappa shape index (κ1) is 14.5. The molecule has 1 aromatic carbocycles. The normalized spacial score (nSPS) is 14.8. The van der Waals surface area contributed by atoms with Gasteiger partial charge < -0.3 is 15.5 Å². The number of carbonyl (C=O) groups is 2. The second-order valence-electron chi connectivity index (χ2n) is 4.32. The molecule has 1 aromatic rings. The average Bonchev–Trinajstić information content (AvgIpc) is 2.62. The second kappa shape index (κ2) is 5.64. The van der Waals surface area contributed by atoms with Gasteiger partial charge in [0, 0.05) is 10.5 Å². The summed E-state index contributed by atoms with van der Waals surface area (Å²) in [5.41, 5.74) is 1.16. The predicted octanol–water partition coefficient (Wildman–Crippen LogP) is 1.12. The zero-order chi connectivity index (χ0) is 14.9. The number of nitrogens with one attached hydrogen (secondary N) is 1. The van der Waals surface area contributed by atoms with Crippen LogP contribution in [0.4, 0.5) is 5.69 Å². The minimum Gasteiger partial charge on any atom is -0.506 e. The monoisotopic (exact) mass is 340 g/mol. The molecule has 0 fully saturated rings. The Bertz CT molecular complexity index is 589. The molecule has 7 heteroatoms. The van der Waals surface area contributed by atoms with Crippen molar-refractivity contribution in [2.24, 2.45) is 0 Å². The molecule has 1 aliphatic rings. The van der Waals surface area contributed by atoms with Crippen molar-refractivity contribution in [2.45, 2.75) is 6.92 Å². The number of imide groups is 1. The van der Waals surface area contributed by atoms with Crippen molar-refractivity contribution >= 4 is 33.4 Å². The Balaban J connectivity index is 2.26. The number of aromatic hydroxyl groups is 1. The van der Waals surface area contributed by atoms with E-state index in [0.29, 0.717) is 10.2 Å². The van der Waals surface area contributed by atoms with Crippen LogP contribution in [-0.4, -0.2) is 40.1 Å². The summed E-state index contributed by atoms with van der Waals surface area (Å²) in [4.78, 5) is 24.5. The maximum atomic E-state index is 12.0. The van der Waals surface area contributed by atoms with Crippen molar-refractivity contribution in [3.8, 4) is 5.75 Å². The van der Waals surface area contributed by atoms with Gasteiger partial charge in [-0.15, -0.1) is 0 Å². The third-order valence-electron chi connectivity index (χ3n) is 2.87. The van der Waals surface area contributed by atoms with Crippen molar-refractivity contribution < 1.29 is 19.8 Å². The number of phenols is 1. The molecule has 1 heterocycles. The van der Waals surface area contributed by atoms with E-state index < -0.39 is 11.8 Å². The SMILES string of the molecule is Cc1cc(Br)cc(O)c1NC1=CC(=O)N(CCO)C1=O. The molecule has 0 bridgehead atoms. The van der Waals surface area contributed by atoms with Gasteiger partial charge in [-0.05, 0) is 24.6 Å². The van der Waals surface area contributed by atoms with Crippen LogP contribution >= 0.6 is 15.9 Å². The molecule has 0 radical (unpaired) electrons. The minimum atomic E-state index is -0.522. The van der Waals surface area contributed by atoms with Crippen molar-refractivity contribution in [2.75, 3.05) is 18.5 Å². The van der Waals surface area contributed by atoms with Crippen LogP contribution < -0.4 is 5.32 Å². The number of halogens is 1. The number of hydrogen-bond donors (Lipinski definition) is 3. The number of aliphatic hydroxyl groups excluding tert-OH is 1. The summed E-state index contributed by atoms with van der Waals surface area (Å²) in [6, 6.07) is 3.26. The molecule has 6 nitrogen and oxygen atoms in total. The fraction of sp³-hybridized carbons (Fsp3) is 0.231. The van der Waals surface area contributed by atoms with Crippen LogP contribution in [0, 0.1) is 6.92 Å². The van der Waals surface area contributed by atoms with E-state index in [2.05, 4.69) is 21.2 Å². The summed E-state index contributed by atoms with van der Waals surface area (Å²) in [6.07, 6.45) is 1.15. The fourth-order valence-electron chi connectivity index (χ4n) is 1.93. The molecule has 0 spiro atoms. The molecule has 2 rings (SSSR count). The van der Waals surface area contributed by atoms with E-state index in [4.69, 9.17) is 5.11 Å². The Morgan fingerprint density at radius 1 is 1.35 bits per heavy atom. The van der Waals surface area contributed by atoms with Gasteiger partial charge in [0.2, 0.25) is 0 Å². The molecular weight excluding hydrogens is 328 g/mol. The Morgan fingerprint density at radius 3 is 2.65 bits per heavy atom. The molecule has 2 amide bonds. The summed E-state index contributed by atoms with van der Waals surface area (Å²) in [6.45, 7) is 1.42.